The number of nitrogens with zero attached hydrogens (tertiary/aromatic N) is 2. The lowest BCUT2D eigenvalue weighted by Gasteiger charge is -2.20. The Balaban J connectivity index is 1.81. The van der Waals surface area contributed by atoms with Gasteiger partial charge in [-0.2, -0.15) is 0 Å². The molecule has 1 aliphatic heterocycles. The number of amides is 1. The molecule has 0 unspecified atom stereocenters. The highest BCUT2D eigenvalue weighted by Gasteiger charge is 2.23. The maximum Gasteiger partial charge on any atom is 0.236 e. The van der Waals surface area contributed by atoms with Crippen molar-refractivity contribution in [3.63, 3.8) is 0 Å². The highest BCUT2D eigenvalue weighted by molar-refractivity contribution is 7.16. The number of likely N-dealkylation sites (tertiary alicyclic amines) is 1. The van der Waals surface area contributed by atoms with Gasteiger partial charge in [0.1, 0.15) is 0 Å². The van der Waals surface area contributed by atoms with Crippen LogP contribution < -0.4 is 0 Å². The maximum atomic E-state index is 12.0. The Labute approximate surface area is 116 Å². The molecule has 1 aromatic rings. The van der Waals surface area contributed by atoms with E-state index < -0.39 is 0 Å². The first-order chi connectivity index (χ1) is 8.54. The van der Waals surface area contributed by atoms with Crippen LogP contribution in [-0.2, 0) is 11.3 Å². The van der Waals surface area contributed by atoms with Crippen LogP contribution >= 0.6 is 22.9 Å². The number of carbonyl (C=O) groups is 1. The van der Waals surface area contributed by atoms with Gasteiger partial charge in [0, 0.05) is 25.0 Å². The van der Waals surface area contributed by atoms with E-state index in [1.54, 1.807) is 11.9 Å². The standard InChI is InChI=1S/C12H17ClN2O2S/c1-14(7-10-2-3-11(13)18-10)12(17)8-15-5-4-9(16)6-15/h2-3,9,16H,4-8H2,1H3/t9-/m1/s1. The van der Waals surface area contributed by atoms with Crippen LogP contribution in [0, 0.1) is 0 Å². The third kappa shape index (κ3) is 3.68. The van der Waals surface area contributed by atoms with Gasteiger partial charge in [0.2, 0.25) is 5.91 Å². The number of aliphatic hydroxyl groups is 1. The quantitative estimate of drug-likeness (QED) is 0.911. The van der Waals surface area contributed by atoms with Gasteiger partial charge in [0.15, 0.2) is 0 Å². The molecule has 6 heteroatoms. The summed E-state index contributed by atoms with van der Waals surface area (Å²) < 4.78 is 0.744. The van der Waals surface area contributed by atoms with Crippen LogP contribution in [0.1, 0.15) is 11.3 Å². The summed E-state index contributed by atoms with van der Waals surface area (Å²) in [6, 6.07) is 3.78. The van der Waals surface area contributed by atoms with E-state index in [0.717, 1.165) is 22.2 Å². The summed E-state index contributed by atoms with van der Waals surface area (Å²) in [5.74, 6) is 0.0774. The van der Waals surface area contributed by atoms with Crippen molar-refractivity contribution in [2.75, 3.05) is 26.7 Å². The number of halogens is 1. The largest absolute Gasteiger partial charge is 0.392 e. The zero-order chi connectivity index (χ0) is 13.1. The minimum absolute atomic E-state index is 0.0774. The second kappa shape index (κ2) is 6.02. The van der Waals surface area contributed by atoms with Gasteiger partial charge >= 0.3 is 0 Å². The van der Waals surface area contributed by atoms with E-state index in [-0.39, 0.29) is 12.0 Å². The van der Waals surface area contributed by atoms with Crippen LogP contribution in [0.2, 0.25) is 4.34 Å². The third-order valence-corrected chi connectivity index (χ3v) is 4.27. The average molecular weight is 289 g/mol. The lowest BCUT2D eigenvalue weighted by atomic mass is 10.3. The summed E-state index contributed by atoms with van der Waals surface area (Å²) in [6.07, 6.45) is 0.483. The Kier molecular flexibility index (Phi) is 4.61. The predicted octanol–water partition coefficient (Wildman–Crippen LogP) is 1.43. The molecular formula is C12H17ClN2O2S. The molecule has 1 amide bonds. The lowest BCUT2D eigenvalue weighted by Crippen LogP contribution is -2.37. The highest BCUT2D eigenvalue weighted by atomic mass is 35.5. The summed E-state index contributed by atoms with van der Waals surface area (Å²) in [6.45, 7) is 2.37. The third-order valence-electron chi connectivity index (χ3n) is 3.05. The van der Waals surface area contributed by atoms with E-state index in [1.165, 1.54) is 11.3 Å². The van der Waals surface area contributed by atoms with Crippen molar-refractivity contribution < 1.29 is 9.90 Å². The van der Waals surface area contributed by atoms with Crippen molar-refractivity contribution in [1.29, 1.82) is 0 Å². The van der Waals surface area contributed by atoms with Gasteiger partial charge < -0.3 is 10.0 Å². The smallest absolute Gasteiger partial charge is 0.236 e. The van der Waals surface area contributed by atoms with Gasteiger partial charge in [-0.15, -0.1) is 11.3 Å². The Morgan fingerprint density at radius 3 is 3.00 bits per heavy atom. The second-order valence-corrected chi connectivity index (χ2v) is 6.43. The molecule has 0 aliphatic carbocycles. The van der Waals surface area contributed by atoms with Gasteiger partial charge in [-0.3, -0.25) is 9.69 Å². The predicted molar refractivity (Wildman–Crippen MR) is 72.9 cm³/mol. The van der Waals surface area contributed by atoms with Gasteiger partial charge in [0.25, 0.3) is 0 Å². The van der Waals surface area contributed by atoms with Crippen LogP contribution in [0.15, 0.2) is 12.1 Å². The Morgan fingerprint density at radius 1 is 1.67 bits per heavy atom. The summed E-state index contributed by atoms with van der Waals surface area (Å²) in [4.78, 5) is 16.8. The first kappa shape index (κ1) is 13.8. The molecule has 0 radical (unpaired) electrons. The molecule has 1 fully saturated rings. The molecule has 0 aromatic carbocycles. The normalized spacial score (nSPS) is 20.3. The number of hydrogen-bond donors (Lipinski definition) is 1. The molecule has 2 heterocycles. The zero-order valence-electron chi connectivity index (χ0n) is 10.3. The zero-order valence-corrected chi connectivity index (χ0v) is 11.9. The van der Waals surface area contributed by atoms with Crippen LogP contribution in [-0.4, -0.2) is 53.6 Å². The first-order valence-corrected chi connectivity index (χ1v) is 7.12. The second-order valence-electron chi connectivity index (χ2n) is 4.63. The molecule has 2 rings (SSSR count). The number of β-amino-alcohol motifs (C(OH)–C–C–N with tert-alkyl or cyclic N) is 1. The molecule has 1 aliphatic rings. The van der Waals surface area contributed by atoms with Gasteiger partial charge in [-0.25, -0.2) is 0 Å². The van der Waals surface area contributed by atoms with Gasteiger partial charge in [-0.05, 0) is 18.6 Å². The molecule has 1 saturated heterocycles. The van der Waals surface area contributed by atoms with E-state index in [1.807, 2.05) is 17.0 Å². The van der Waals surface area contributed by atoms with E-state index in [4.69, 9.17) is 11.6 Å². The molecule has 4 nitrogen and oxygen atoms in total. The van der Waals surface area contributed by atoms with E-state index in [9.17, 15) is 9.90 Å². The Morgan fingerprint density at radius 2 is 2.44 bits per heavy atom. The highest BCUT2D eigenvalue weighted by Crippen LogP contribution is 2.22. The first-order valence-electron chi connectivity index (χ1n) is 5.93. The van der Waals surface area contributed by atoms with Crippen molar-refractivity contribution >= 4 is 28.8 Å². The summed E-state index contributed by atoms with van der Waals surface area (Å²) >= 11 is 7.35. The molecular weight excluding hydrogens is 272 g/mol. The summed E-state index contributed by atoms with van der Waals surface area (Å²) in [7, 11) is 1.79. The fourth-order valence-electron chi connectivity index (χ4n) is 2.03. The topological polar surface area (TPSA) is 43.8 Å². The monoisotopic (exact) mass is 288 g/mol. The molecule has 1 atom stereocenters. The van der Waals surface area contributed by atoms with Crippen molar-refractivity contribution in [2.24, 2.45) is 0 Å². The van der Waals surface area contributed by atoms with E-state index >= 15 is 0 Å². The van der Waals surface area contributed by atoms with Crippen molar-refractivity contribution in [1.82, 2.24) is 9.80 Å². The number of thiophene rings is 1. The number of carbonyl (C=O) groups excluding carboxylic acids is 1. The Hall–Kier alpha value is -0.620. The minimum Gasteiger partial charge on any atom is -0.392 e. The molecule has 1 aromatic heterocycles. The summed E-state index contributed by atoms with van der Waals surface area (Å²) in [5, 5.41) is 9.41. The summed E-state index contributed by atoms with van der Waals surface area (Å²) in [5.41, 5.74) is 0. The molecule has 0 saturated carbocycles. The van der Waals surface area contributed by atoms with E-state index in [0.29, 0.717) is 19.6 Å². The number of rotatable bonds is 4. The van der Waals surface area contributed by atoms with Crippen molar-refractivity contribution in [2.45, 2.75) is 19.1 Å². The van der Waals surface area contributed by atoms with Crippen LogP contribution in [0.5, 0.6) is 0 Å². The lowest BCUT2D eigenvalue weighted by molar-refractivity contribution is -0.131. The molecule has 100 valence electrons. The van der Waals surface area contributed by atoms with Gasteiger partial charge in [-0.1, -0.05) is 11.6 Å². The van der Waals surface area contributed by atoms with Crippen LogP contribution in [0.25, 0.3) is 0 Å². The van der Waals surface area contributed by atoms with Crippen LogP contribution in [0.3, 0.4) is 0 Å². The average Bonchev–Trinajstić information content (AvgIpc) is 2.88. The van der Waals surface area contributed by atoms with E-state index in [2.05, 4.69) is 0 Å². The molecule has 0 spiro atoms. The Bertz CT molecular complexity index is 424. The SMILES string of the molecule is CN(Cc1ccc(Cl)s1)C(=O)CN1CC[C@@H](O)C1. The minimum atomic E-state index is -0.279. The van der Waals surface area contributed by atoms with Crippen LogP contribution in [0.4, 0.5) is 0 Å². The number of hydrogen-bond acceptors (Lipinski definition) is 4. The molecule has 0 bridgehead atoms. The van der Waals surface area contributed by atoms with Gasteiger partial charge in [0.05, 0.1) is 23.5 Å². The maximum absolute atomic E-state index is 12.0. The fraction of sp³-hybridized carbons (Fsp3) is 0.583. The molecule has 18 heavy (non-hydrogen) atoms. The van der Waals surface area contributed by atoms with Crippen molar-refractivity contribution in [3.05, 3.63) is 21.3 Å². The molecule has 1 N–H and O–H groups in total. The number of likely N-dealkylation sites (N-methyl/N-ethyl adjacent to an activating group) is 1. The fourth-order valence-corrected chi connectivity index (χ4v) is 3.17. The number of aliphatic hydroxyl groups excluding tert-OH is 1. The van der Waals surface area contributed by atoms with Crippen molar-refractivity contribution in [3.8, 4) is 0 Å².